The first-order chi connectivity index (χ1) is 9.20. The standard InChI is InChI=1S/C14H18BrN3O/c1-11(10-19-2)17-14-16-7-8-18(14)9-12-5-3-4-6-13(12)15/h3-8,11H,9-10H2,1-2H3,(H,16,17). The zero-order valence-corrected chi connectivity index (χ0v) is 12.7. The number of hydrogen-bond acceptors (Lipinski definition) is 3. The van der Waals surface area contributed by atoms with Gasteiger partial charge in [0.25, 0.3) is 0 Å². The highest BCUT2D eigenvalue weighted by Gasteiger charge is 2.08. The number of benzene rings is 1. The fraction of sp³-hybridized carbons (Fsp3) is 0.357. The van der Waals surface area contributed by atoms with E-state index >= 15 is 0 Å². The molecule has 0 saturated carbocycles. The van der Waals surface area contributed by atoms with Crippen molar-refractivity contribution >= 4 is 21.9 Å². The maximum atomic E-state index is 5.12. The molecule has 1 aromatic carbocycles. The van der Waals surface area contributed by atoms with Crippen molar-refractivity contribution in [2.24, 2.45) is 0 Å². The van der Waals surface area contributed by atoms with Gasteiger partial charge < -0.3 is 14.6 Å². The topological polar surface area (TPSA) is 39.1 Å². The zero-order chi connectivity index (χ0) is 13.7. The molecule has 2 aromatic rings. The van der Waals surface area contributed by atoms with E-state index in [0.29, 0.717) is 6.61 Å². The molecule has 0 aliphatic heterocycles. The Morgan fingerprint density at radius 3 is 2.95 bits per heavy atom. The first kappa shape index (κ1) is 14.1. The van der Waals surface area contributed by atoms with Crippen molar-refractivity contribution in [2.75, 3.05) is 19.0 Å². The van der Waals surface area contributed by atoms with Crippen molar-refractivity contribution in [3.63, 3.8) is 0 Å². The Hall–Kier alpha value is -1.33. The third-order valence-corrected chi connectivity index (χ3v) is 3.58. The predicted molar refractivity (Wildman–Crippen MR) is 80.4 cm³/mol. The van der Waals surface area contributed by atoms with Gasteiger partial charge in [-0.1, -0.05) is 34.1 Å². The third kappa shape index (κ3) is 3.81. The lowest BCUT2D eigenvalue weighted by atomic mass is 10.2. The maximum Gasteiger partial charge on any atom is 0.203 e. The molecule has 1 atom stereocenters. The second-order valence-corrected chi connectivity index (χ2v) is 5.33. The Bertz CT molecular complexity index is 527. The van der Waals surface area contributed by atoms with Crippen LogP contribution in [0, 0.1) is 0 Å². The summed E-state index contributed by atoms with van der Waals surface area (Å²) in [5.74, 6) is 0.861. The van der Waals surface area contributed by atoms with Crippen LogP contribution in [0.2, 0.25) is 0 Å². The van der Waals surface area contributed by atoms with Crippen molar-refractivity contribution in [3.05, 3.63) is 46.7 Å². The largest absolute Gasteiger partial charge is 0.383 e. The van der Waals surface area contributed by atoms with Crippen molar-refractivity contribution < 1.29 is 4.74 Å². The maximum absolute atomic E-state index is 5.12. The molecule has 2 rings (SSSR count). The first-order valence-electron chi connectivity index (χ1n) is 6.20. The Kier molecular flexibility index (Phi) is 4.99. The number of halogens is 1. The average molecular weight is 324 g/mol. The van der Waals surface area contributed by atoms with Gasteiger partial charge in [0.15, 0.2) is 0 Å². The molecule has 0 aliphatic carbocycles. The Morgan fingerprint density at radius 1 is 1.42 bits per heavy atom. The van der Waals surface area contributed by atoms with Gasteiger partial charge in [-0.2, -0.15) is 0 Å². The quantitative estimate of drug-likeness (QED) is 0.887. The van der Waals surface area contributed by atoms with Crippen LogP contribution in [0.25, 0.3) is 0 Å². The number of nitrogens with one attached hydrogen (secondary N) is 1. The highest BCUT2D eigenvalue weighted by atomic mass is 79.9. The van der Waals surface area contributed by atoms with Gasteiger partial charge in [-0.05, 0) is 18.6 Å². The number of rotatable bonds is 6. The van der Waals surface area contributed by atoms with Crippen molar-refractivity contribution in [1.29, 1.82) is 0 Å². The van der Waals surface area contributed by atoms with Crippen LogP contribution >= 0.6 is 15.9 Å². The molecule has 0 radical (unpaired) electrons. The minimum atomic E-state index is 0.227. The molecular formula is C14H18BrN3O. The van der Waals surface area contributed by atoms with E-state index in [2.05, 4.69) is 43.8 Å². The van der Waals surface area contributed by atoms with E-state index in [4.69, 9.17) is 4.74 Å². The molecule has 1 N–H and O–H groups in total. The van der Waals surface area contributed by atoms with Crippen LogP contribution in [0.3, 0.4) is 0 Å². The summed E-state index contributed by atoms with van der Waals surface area (Å²) in [6.45, 7) is 3.51. The molecule has 1 aromatic heterocycles. The van der Waals surface area contributed by atoms with E-state index in [0.717, 1.165) is 17.0 Å². The van der Waals surface area contributed by atoms with Crippen LogP contribution in [0.15, 0.2) is 41.1 Å². The van der Waals surface area contributed by atoms with E-state index < -0.39 is 0 Å². The molecule has 0 bridgehead atoms. The Balaban J connectivity index is 2.10. The number of nitrogens with zero attached hydrogens (tertiary/aromatic N) is 2. The van der Waals surface area contributed by atoms with Crippen LogP contribution in [0.1, 0.15) is 12.5 Å². The number of ether oxygens (including phenoxy) is 1. The summed E-state index contributed by atoms with van der Waals surface area (Å²) in [6.07, 6.45) is 3.78. The molecule has 0 aliphatic rings. The minimum absolute atomic E-state index is 0.227. The highest BCUT2D eigenvalue weighted by molar-refractivity contribution is 9.10. The molecule has 0 saturated heterocycles. The first-order valence-corrected chi connectivity index (χ1v) is 7.00. The molecule has 19 heavy (non-hydrogen) atoms. The number of methoxy groups -OCH3 is 1. The molecule has 0 fully saturated rings. The summed E-state index contributed by atoms with van der Waals surface area (Å²) in [7, 11) is 1.70. The lowest BCUT2D eigenvalue weighted by Gasteiger charge is -2.15. The van der Waals surface area contributed by atoms with Gasteiger partial charge in [0.2, 0.25) is 5.95 Å². The number of imidazole rings is 1. The number of aromatic nitrogens is 2. The second-order valence-electron chi connectivity index (χ2n) is 4.47. The van der Waals surface area contributed by atoms with Gasteiger partial charge in [-0.25, -0.2) is 4.98 Å². The molecule has 1 unspecified atom stereocenters. The number of anilines is 1. The van der Waals surface area contributed by atoms with Gasteiger partial charge in [-0.15, -0.1) is 0 Å². The summed E-state index contributed by atoms with van der Waals surface area (Å²) in [4.78, 5) is 4.35. The van der Waals surface area contributed by atoms with Crippen LogP contribution < -0.4 is 5.32 Å². The van der Waals surface area contributed by atoms with Gasteiger partial charge >= 0.3 is 0 Å². The Labute approximate surface area is 121 Å². The molecule has 4 nitrogen and oxygen atoms in total. The van der Waals surface area contributed by atoms with Crippen molar-refractivity contribution in [3.8, 4) is 0 Å². The molecular weight excluding hydrogens is 306 g/mol. The van der Waals surface area contributed by atoms with Crippen LogP contribution in [0.4, 0.5) is 5.95 Å². The Morgan fingerprint density at radius 2 is 2.21 bits per heavy atom. The van der Waals surface area contributed by atoms with E-state index in [1.54, 1.807) is 13.3 Å². The fourth-order valence-electron chi connectivity index (χ4n) is 1.90. The van der Waals surface area contributed by atoms with E-state index in [-0.39, 0.29) is 6.04 Å². The summed E-state index contributed by atoms with van der Waals surface area (Å²) >= 11 is 3.57. The molecule has 1 heterocycles. The molecule has 0 spiro atoms. The van der Waals surface area contributed by atoms with Crippen molar-refractivity contribution in [2.45, 2.75) is 19.5 Å². The monoisotopic (exact) mass is 323 g/mol. The second kappa shape index (κ2) is 6.73. The summed E-state index contributed by atoms with van der Waals surface area (Å²) < 4.78 is 8.32. The molecule has 102 valence electrons. The van der Waals surface area contributed by atoms with E-state index in [1.165, 1.54) is 5.56 Å². The number of hydrogen-bond donors (Lipinski definition) is 1. The predicted octanol–water partition coefficient (Wildman–Crippen LogP) is 3.14. The highest BCUT2D eigenvalue weighted by Crippen LogP contribution is 2.18. The third-order valence-electron chi connectivity index (χ3n) is 2.81. The summed E-state index contributed by atoms with van der Waals surface area (Å²) in [5, 5.41) is 3.34. The fourth-order valence-corrected chi connectivity index (χ4v) is 2.31. The van der Waals surface area contributed by atoms with Crippen LogP contribution in [-0.4, -0.2) is 29.3 Å². The zero-order valence-electron chi connectivity index (χ0n) is 11.1. The van der Waals surface area contributed by atoms with Gasteiger partial charge in [0, 0.05) is 30.0 Å². The molecule has 5 heteroatoms. The van der Waals surface area contributed by atoms with Crippen LogP contribution in [-0.2, 0) is 11.3 Å². The lowest BCUT2D eigenvalue weighted by molar-refractivity contribution is 0.190. The van der Waals surface area contributed by atoms with Gasteiger partial charge in [-0.3, -0.25) is 0 Å². The summed E-state index contributed by atoms with van der Waals surface area (Å²) in [6, 6.07) is 8.43. The average Bonchev–Trinajstić information content (AvgIpc) is 2.80. The normalized spacial score (nSPS) is 12.4. The van der Waals surface area contributed by atoms with Gasteiger partial charge in [0.1, 0.15) is 0 Å². The van der Waals surface area contributed by atoms with Crippen LogP contribution in [0.5, 0.6) is 0 Å². The smallest absolute Gasteiger partial charge is 0.203 e. The summed E-state index contributed by atoms with van der Waals surface area (Å²) in [5.41, 5.74) is 1.22. The van der Waals surface area contributed by atoms with E-state index in [1.807, 2.05) is 24.4 Å². The molecule has 0 amide bonds. The SMILES string of the molecule is COCC(C)Nc1nccn1Cc1ccccc1Br. The minimum Gasteiger partial charge on any atom is -0.383 e. The van der Waals surface area contributed by atoms with E-state index in [9.17, 15) is 0 Å². The van der Waals surface area contributed by atoms with Gasteiger partial charge in [0.05, 0.1) is 13.2 Å². The lowest BCUT2D eigenvalue weighted by Crippen LogP contribution is -2.23. The van der Waals surface area contributed by atoms with Crippen molar-refractivity contribution in [1.82, 2.24) is 9.55 Å².